The second-order valence-corrected chi connectivity index (χ2v) is 9.49. The Kier molecular flexibility index (Phi) is 6.27. The Morgan fingerprint density at radius 3 is 2.22 bits per heavy atom. The Balaban J connectivity index is 1.56. The molecule has 5 heteroatoms. The molecule has 2 aromatic rings. The van der Waals surface area contributed by atoms with Crippen LogP contribution in [0.5, 0.6) is 0 Å². The third-order valence-electron chi connectivity index (χ3n) is 7.50. The molecule has 0 aliphatic heterocycles. The fourth-order valence-electron chi connectivity index (χ4n) is 5.70. The molecule has 4 rings (SSSR count). The van der Waals surface area contributed by atoms with Crippen molar-refractivity contribution >= 4 is 12.1 Å². The zero-order valence-electron chi connectivity index (χ0n) is 19.2. The van der Waals surface area contributed by atoms with Gasteiger partial charge in [0, 0.05) is 12.5 Å². The summed E-state index contributed by atoms with van der Waals surface area (Å²) < 4.78 is 5.84. The SMILES string of the molecule is CCN(C(=O)OCC1c2ccccc2-c2ccccc21)C1(C(=O)O)CCCC(C(C)C)C1. The van der Waals surface area contributed by atoms with E-state index < -0.39 is 17.6 Å². The number of hydrogen-bond acceptors (Lipinski definition) is 3. The van der Waals surface area contributed by atoms with Crippen LogP contribution in [0, 0.1) is 11.8 Å². The van der Waals surface area contributed by atoms with E-state index in [1.54, 1.807) is 0 Å². The lowest BCUT2D eigenvalue weighted by Crippen LogP contribution is -2.59. The second-order valence-electron chi connectivity index (χ2n) is 9.49. The third kappa shape index (κ3) is 3.78. The molecule has 0 bridgehead atoms. The van der Waals surface area contributed by atoms with Gasteiger partial charge in [-0.15, -0.1) is 0 Å². The lowest BCUT2D eigenvalue weighted by atomic mass is 9.71. The molecule has 2 atom stereocenters. The normalized spacial score (nSPS) is 22.3. The summed E-state index contributed by atoms with van der Waals surface area (Å²) in [6, 6.07) is 16.4. The molecule has 2 aliphatic carbocycles. The van der Waals surface area contributed by atoms with Crippen LogP contribution >= 0.6 is 0 Å². The van der Waals surface area contributed by atoms with Crippen LogP contribution in [0.3, 0.4) is 0 Å². The first-order chi connectivity index (χ1) is 15.4. The molecule has 1 saturated carbocycles. The van der Waals surface area contributed by atoms with Crippen LogP contribution in [0.25, 0.3) is 11.1 Å². The van der Waals surface area contributed by atoms with E-state index in [-0.39, 0.29) is 18.4 Å². The van der Waals surface area contributed by atoms with Crippen LogP contribution in [0.15, 0.2) is 48.5 Å². The second kappa shape index (κ2) is 8.97. The first-order valence-corrected chi connectivity index (χ1v) is 11.7. The summed E-state index contributed by atoms with van der Waals surface area (Å²) in [6.45, 7) is 6.62. The summed E-state index contributed by atoms with van der Waals surface area (Å²) >= 11 is 0. The average molecular weight is 436 g/mol. The van der Waals surface area contributed by atoms with E-state index in [0.29, 0.717) is 25.3 Å². The van der Waals surface area contributed by atoms with E-state index in [9.17, 15) is 14.7 Å². The topological polar surface area (TPSA) is 66.8 Å². The van der Waals surface area contributed by atoms with Crippen molar-refractivity contribution in [2.75, 3.05) is 13.2 Å². The van der Waals surface area contributed by atoms with Crippen LogP contribution in [-0.2, 0) is 9.53 Å². The van der Waals surface area contributed by atoms with Crippen molar-refractivity contribution in [2.24, 2.45) is 11.8 Å². The lowest BCUT2D eigenvalue weighted by molar-refractivity contribution is -0.154. The van der Waals surface area contributed by atoms with Crippen molar-refractivity contribution in [3.8, 4) is 11.1 Å². The predicted octanol–water partition coefficient (Wildman–Crippen LogP) is 5.93. The van der Waals surface area contributed by atoms with Crippen molar-refractivity contribution in [1.29, 1.82) is 0 Å². The van der Waals surface area contributed by atoms with Gasteiger partial charge in [0.05, 0.1) is 0 Å². The minimum atomic E-state index is -1.19. The molecule has 0 heterocycles. The standard InChI is InChI=1S/C27H33NO4/c1-4-28(27(25(29)30)15-9-10-19(16-27)18(2)3)26(31)32-17-24-22-13-7-5-11-20(22)21-12-6-8-14-23(21)24/h5-8,11-14,18-19,24H,4,9-10,15-17H2,1-3H3,(H,29,30). The van der Waals surface area contributed by atoms with E-state index in [1.165, 1.54) is 16.0 Å². The first-order valence-electron chi connectivity index (χ1n) is 11.7. The Hall–Kier alpha value is -2.82. The number of carbonyl (C=O) groups is 2. The number of likely N-dealkylation sites (N-methyl/N-ethyl adjacent to an activating group) is 1. The average Bonchev–Trinajstić information content (AvgIpc) is 3.12. The number of carboxylic acid groups (broad SMARTS) is 1. The van der Waals surface area contributed by atoms with Crippen LogP contribution in [0.2, 0.25) is 0 Å². The van der Waals surface area contributed by atoms with E-state index in [1.807, 2.05) is 31.2 Å². The lowest BCUT2D eigenvalue weighted by Gasteiger charge is -2.45. The maximum Gasteiger partial charge on any atom is 0.410 e. The largest absolute Gasteiger partial charge is 0.479 e. The zero-order chi connectivity index (χ0) is 22.9. The minimum Gasteiger partial charge on any atom is -0.479 e. The Morgan fingerprint density at radius 1 is 1.09 bits per heavy atom. The summed E-state index contributed by atoms with van der Waals surface area (Å²) in [5, 5.41) is 10.2. The van der Waals surface area contributed by atoms with Crippen molar-refractivity contribution in [3.05, 3.63) is 59.7 Å². The highest BCUT2D eigenvalue weighted by Crippen LogP contribution is 2.45. The molecular formula is C27H33NO4. The summed E-state index contributed by atoms with van der Waals surface area (Å²) in [5.41, 5.74) is 3.45. The molecule has 0 aromatic heterocycles. The summed E-state index contributed by atoms with van der Waals surface area (Å²) in [4.78, 5) is 27.2. The van der Waals surface area contributed by atoms with Gasteiger partial charge >= 0.3 is 12.1 Å². The van der Waals surface area contributed by atoms with Gasteiger partial charge in [-0.3, -0.25) is 4.90 Å². The number of amides is 1. The molecule has 0 radical (unpaired) electrons. The molecule has 32 heavy (non-hydrogen) atoms. The fourth-order valence-corrected chi connectivity index (χ4v) is 5.70. The molecular weight excluding hydrogens is 402 g/mol. The maximum absolute atomic E-state index is 13.3. The summed E-state index contributed by atoms with van der Waals surface area (Å²) in [5.74, 6) is -0.288. The molecule has 2 aliphatic rings. The van der Waals surface area contributed by atoms with E-state index in [2.05, 4.69) is 38.1 Å². The highest BCUT2D eigenvalue weighted by Gasteiger charge is 2.50. The molecule has 170 valence electrons. The molecule has 1 N–H and O–H groups in total. The smallest absolute Gasteiger partial charge is 0.410 e. The molecule has 5 nitrogen and oxygen atoms in total. The van der Waals surface area contributed by atoms with Gasteiger partial charge in [-0.25, -0.2) is 9.59 Å². The Morgan fingerprint density at radius 2 is 1.69 bits per heavy atom. The molecule has 1 fully saturated rings. The number of fused-ring (bicyclic) bond motifs is 3. The number of nitrogens with zero attached hydrogens (tertiary/aromatic N) is 1. The van der Waals surface area contributed by atoms with Crippen LogP contribution in [-0.4, -0.2) is 40.8 Å². The summed E-state index contributed by atoms with van der Waals surface area (Å²) in [7, 11) is 0. The van der Waals surface area contributed by atoms with Crippen LogP contribution in [0.1, 0.15) is 63.5 Å². The predicted molar refractivity (Wildman–Crippen MR) is 125 cm³/mol. The number of rotatable bonds is 6. The van der Waals surface area contributed by atoms with Gasteiger partial charge in [-0.1, -0.05) is 68.8 Å². The van der Waals surface area contributed by atoms with E-state index in [0.717, 1.165) is 24.0 Å². The highest BCUT2D eigenvalue weighted by molar-refractivity contribution is 5.85. The first kappa shape index (κ1) is 22.4. The fraction of sp³-hybridized carbons (Fsp3) is 0.481. The molecule has 1 amide bonds. The third-order valence-corrected chi connectivity index (χ3v) is 7.50. The van der Waals surface area contributed by atoms with Crippen LogP contribution < -0.4 is 0 Å². The maximum atomic E-state index is 13.3. The van der Waals surface area contributed by atoms with Crippen LogP contribution in [0.4, 0.5) is 4.79 Å². The number of ether oxygens (including phenoxy) is 1. The van der Waals surface area contributed by atoms with Gasteiger partial charge in [0.25, 0.3) is 0 Å². The molecule has 2 unspecified atom stereocenters. The number of carbonyl (C=O) groups excluding carboxylic acids is 1. The highest BCUT2D eigenvalue weighted by atomic mass is 16.6. The zero-order valence-corrected chi connectivity index (χ0v) is 19.2. The number of hydrogen-bond donors (Lipinski definition) is 1. The van der Waals surface area contributed by atoms with Crippen molar-refractivity contribution in [3.63, 3.8) is 0 Å². The monoisotopic (exact) mass is 435 g/mol. The Bertz CT molecular complexity index is 955. The minimum absolute atomic E-state index is 0.0411. The van der Waals surface area contributed by atoms with Gasteiger partial charge in [0.2, 0.25) is 0 Å². The number of benzene rings is 2. The summed E-state index contributed by atoms with van der Waals surface area (Å²) in [6.07, 6.45) is 2.25. The van der Waals surface area contributed by atoms with E-state index in [4.69, 9.17) is 4.74 Å². The van der Waals surface area contributed by atoms with Crippen molar-refractivity contribution < 1.29 is 19.4 Å². The Labute approximate surface area is 190 Å². The molecule has 0 saturated heterocycles. The van der Waals surface area contributed by atoms with E-state index >= 15 is 0 Å². The molecule has 0 spiro atoms. The van der Waals surface area contributed by atoms with Gasteiger partial charge in [0.15, 0.2) is 0 Å². The van der Waals surface area contributed by atoms with Gasteiger partial charge in [0.1, 0.15) is 12.1 Å². The number of carboxylic acids is 1. The number of aliphatic carboxylic acids is 1. The van der Waals surface area contributed by atoms with Gasteiger partial charge in [-0.2, -0.15) is 0 Å². The van der Waals surface area contributed by atoms with Gasteiger partial charge < -0.3 is 9.84 Å². The van der Waals surface area contributed by atoms with Gasteiger partial charge in [-0.05, 0) is 60.3 Å². The molecule has 2 aromatic carbocycles. The van der Waals surface area contributed by atoms with Crippen molar-refractivity contribution in [1.82, 2.24) is 4.90 Å². The van der Waals surface area contributed by atoms with Crippen molar-refractivity contribution in [2.45, 2.75) is 57.9 Å². The quantitative estimate of drug-likeness (QED) is 0.611.